The molecule has 0 aliphatic rings. The lowest BCUT2D eigenvalue weighted by Gasteiger charge is -2.29. The summed E-state index contributed by atoms with van der Waals surface area (Å²) in [6.45, 7) is 14.9. The van der Waals surface area contributed by atoms with Crippen LogP contribution < -0.4 is 10.6 Å². The molecule has 0 aliphatic carbocycles. The second-order valence-corrected chi connectivity index (χ2v) is 8.59. The lowest BCUT2D eigenvalue weighted by atomic mass is 10.1. The predicted molar refractivity (Wildman–Crippen MR) is 97.7 cm³/mol. The number of fused-ring (bicyclic) bond motifs is 1. The molecule has 24 heavy (non-hydrogen) atoms. The zero-order valence-corrected chi connectivity index (χ0v) is 16.4. The minimum Gasteiger partial charge on any atom is -0.444 e. The van der Waals surface area contributed by atoms with Gasteiger partial charge < -0.3 is 15.4 Å². The number of alkyl carbamates (subject to hydrolysis) is 1. The van der Waals surface area contributed by atoms with Gasteiger partial charge in [-0.05, 0) is 48.5 Å². The van der Waals surface area contributed by atoms with Crippen LogP contribution in [0.1, 0.15) is 51.7 Å². The van der Waals surface area contributed by atoms with Gasteiger partial charge in [-0.3, -0.25) is 4.40 Å². The predicted octanol–water partition coefficient (Wildman–Crippen LogP) is 3.41. The molecule has 2 heterocycles. The van der Waals surface area contributed by atoms with Crippen LogP contribution in [0.4, 0.5) is 4.79 Å². The normalized spacial score (nSPS) is 12.6. The zero-order valence-electron chi connectivity index (χ0n) is 15.6. The topological polar surface area (TPSA) is 67.7 Å². The minimum atomic E-state index is -0.496. The van der Waals surface area contributed by atoms with Gasteiger partial charge in [0.05, 0.1) is 16.9 Å². The maximum Gasteiger partial charge on any atom is 0.408 e. The van der Waals surface area contributed by atoms with Crippen LogP contribution in [0.15, 0.2) is 5.38 Å². The number of hydrogen-bond donors (Lipinski definition) is 2. The van der Waals surface area contributed by atoms with Gasteiger partial charge in [-0.25, -0.2) is 9.78 Å². The van der Waals surface area contributed by atoms with Gasteiger partial charge in [0.15, 0.2) is 4.96 Å². The fourth-order valence-electron chi connectivity index (χ4n) is 2.49. The molecule has 7 heteroatoms. The van der Waals surface area contributed by atoms with Crippen molar-refractivity contribution >= 4 is 22.4 Å². The Balaban J connectivity index is 1.93. The van der Waals surface area contributed by atoms with Crippen molar-refractivity contribution in [3.05, 3.63) is 22.5 Å². The number of nitrogens with one attached hydrogen (secondary N) is 2. The van der Waals surface area contributed by atoms with E-state index >= 15 is 0 Å². The third kappa shape index (κ3) is 4.70. The lowest BCUT2D eigenvalue weighted by Crippen LogP contribution is -2.51. The van der Waals surface area contributed by atoms with Crippen molar-refractivity contribution in [2.75, 3.05) is 6.54 Å². The largest absolute Gasteiger partial charge is 0.444 e. The maximum atomic E-state index is 11.9. The van der Waals surface area contributed by atoms with E-state index in [1.165, 1.54) is 5.69 Å². The molecule has 2 aromatic heterocycles. The summed E-state index contributed by atoms with van der Waals surface area (Å²) >= 11 is 1.65. The van der Waals surface area contributed by atoms with E-state index in [1.54, 1.807) is 11.3 Å². The molecule has 2 N–H and O–H groups in total. The van der Waals surface area contributed by atoms with E-state index in [1.807, 2.05) is 41.5 Å². The van der Waals surface area contributed by atoms with Crippen LogP contribution >= 0.6 is 11.3 Å². The van der Waals surface area contributed by atoms with Gasteiger partial charge in [0.25, 0.3) is 0 Å². The van der Waals surface area contributed by atoms with Gasteiger partial charge in [-0.15, -0.1) is 11.3 Å². The van der Waals surface area contributed by atoms with Crippen molar-refractivity contribution in [1.82, 2.24) is 20.0 Å². The molecule has 0 saturated carbocycles. The molecule has 6 nitrogen and oxygen atoms in total. The maximum absolute atomic E-state index is 11.9. The van der Waals surface area contributed by atoms with Crippen LogP contribution in [0, 0.1) is 13.8 Å². The van der Waals surface area contributed by atoms with E-state index in [9.17, 15) is 4.79 Å². The van der Waals surface area contributed by atoms with Crippen LogP contribution in [0.2, 0.25) is 0 Å². The van der Waals surface area contributed by atoms with Crippen LogP contribution in [-0.2, 0) is 11.3 Å². The molecular weight excluding hydrogens is 324 g/mol. The Labute approximate surface area is 147 Å². The van der Waals surface area contributed by atoms with Crippen molar-refractivity contribution in [3.8, 4) is 0 Å². The van der Waals surface area contributed by atoms with Gasteiger partial charge >= 0.3 is 6.09 Å². The summed E-state index contributed by atoms with van der Waals surface area (Å²) in [5.74, 6) is 0. The van der Waals surface area contributed by atoms with E-state index in [4.69, 9.17) is 4.74 Å². The van der Waals surface area contributed by atoms with Crippen molar-refractivity contribution in [2.24, 2.45) is 0 Å². The molecule has 0 atom stereocenters. The number of aryl methyl sites for hydroxylation is 2. The summed E-state index contributed by atoms with van der Waals surface area (Å²) in [4.78, 5) is 17.5. The average Bonchev–Trinajstić information content (AvgIpc) is 2.87. The molecule has 0 spiro atoms. The molecule has 0 bridgehead atoms. The molecule has 2 aromatic rings. The number of amides is 1. The SMILES string of the molecule is Cc1nc2scc(C)n2c1CNCC(C)(C)NC(=O)OC(C)(C)C. The summed E-state index contributed by atoms with van der Waals surface area (Å²) in [5.41, 5.74) is 2.49. The van der Waals surface area contributed by atoms with E-state index < -0.39 is 17.2 Å². The second-order valence-electron chi connectivity index (χ2n) is 7.75. The molecule has 134 valence electrons. The first-order chi connectivity index (χ1) is 11.0. The Morgan fingerprint density at radius 2 is 1.96 bits per heavy atom. The highest BCUT2D eigenvalue weighted by Gasteiger charge is 2.24. The van der Waals surface area contributed by atoms with Crippen LogP contribution in [0.5, 0.6) is 0 Å². The molecule has 0 radical (unpaired) electrons. The molecule has 0 fully saturated rings. The molecule has 0 aliphatic heterocycles. The van der Waals surface area contributed by atoms with Gasteiger partial charge in [-0.1, -0.05) is 0 Å². The highest BCUT2D eigenvalue weighted by Crippen LogP contribution is 2.20. The summed E-state index contributed by atoms with van der Waals surface area (Å²) in [6, 6.07) is 0. The number of rotatable bonds is 5. The third-order valence-electron chi connectivity index (χ3n) is 3.53. The standard InChI is InChI=1S/C17H28N4O2S/c1-11-9-24-14-19-12(2)13(21(11)14)8-18-10-17(6,7)20-15(22)23-16(3,4)5/h9,18H,8,10H2,1-7H3,(H,20,22). The third-order valence-corrected chi connectivity index (χ3v) is 4.47. The van der Waals surface area contributed by atoms with Crippen molar-refractivity contribution in [2.45, 2.75) is 66.2 Å². The highest BCUT2D eigenvalue weighted by atomic mass is 32.1. The molecular formula is C17H28N4O2S. The fourth-order valence-corrected chi connectivity index (χ4v) is 3.42. The van der Waals surface area contributed by atoms with Crippen molar-refractivity contribution < 1.29 is 9.53 Å². The van der Waals surface area contributed by atoms with Crippen molar-refractivity contribution in [3.63, 3.8) is 0 Å². The summed E-state index contributed by atoms with van der Waals surface area (Å²) < 4.78 is 7.50. The van der Waals surface area contributed by atoms with Crippen LogP contribution in [0.25, 0.3) is 4.96 Å². The Bertz CT molecular complexity index is 725. The summed E-state index contributed by atoms with van der Waals surface area (Å²) in [6.07, 6.45) is -0.397. The van der Waals surface area contributed by atoms with E-state index in [-0.39, 0.29) is 0 Å². The molecule has 1 amide bonds. The average molecular weight is 353 g/mol. The Morgan fingerprint density at radius 3 is 2.58 bits per heavy atom. The smallest absolute Gasteiger partial charge is 0.408 e. The first-order valence-electron chi connectivity index (χ1n) is 8.12. The van der Waals surface area contributed by atoms with Gasteiger partial charge in [-0.2, -0.15) is 0 Å². The van der Waals surface area contributed by atoms with Gasteiger partial charge in [0.2, 0.25) is 0 Å². The quantitative estimate of drug-likeness (QED) is 0.865. The number of ether oxygens (including phenoxy) is 1. The summed E-state index contributed by atoms with van der Waals surface area (Å²) in [7, 11) is 0. The first-order valence-corrected chi connectivity index (χ1v) is 9.00. The number of aromatic nitrogens is 2. The van der Waals surface area contributed by atoms with Gasteiger partial charge in [0, 0.05) is 24.2 Å². The summed E-state index contributed by atoms with van der Waals surface area (Å²) in [5, 5.41) is 8.44. The monoisotopic (exact) mass is 352 g/mol. The first kappa shape index (κ1) is 18.7. The molecule has 0 unspecified atom stereocenters. The van der Waals surface area contributed by atoms with Gasteiger partial charge in [0.1, 0.15) is 5.60 Å². The fraction of sp³-hybridized carbons (Fsp3) is 0.647. The number of carbonyl (C=O) groups is 1. The van der Waals surface area contributed by atoms with Crippen LogP contribution in [-0.4, -0.2) is 33.2 Å². The number of carbonyl (C=O) groups excluding carboxylic acids is 1. The number of imidazole rings is 1. The zero-order chi connectivity index (χ0) is 18.1. The van der Waals surface area contributed by atoms with E-state index in [0.29, 0.717) is 13.1 Å². The van der Waals surface area contributed by atoms with Crippen LogP contribution in [0.3, 0.4) is 0 Å². The number of hydrogen-bond acceptors (Lipinski definition) is 5. The molecule has 2 rings (SSSR count). The van der Waals surface area contributed by atoms with E-state index in [2.05, 4.69) is 32.3 Å². The van der Waals surface area contributed by atoms with E-state index in [0.717, 1.165) is 16.3 Å². The molecule has 0 saturated heterocycles. The lowest BCUT2D eigenvalue weighted by molar-refractivity contribution is 0.0472. The highest BCUT2D eigenvalue weighted by molar-refractivity contribution is 7.15. The van der Waals surface area contributed by atoms with Crippen molar-refractivity contribution in [1.29, 1.82) is 0 Å². The minimum absolute atomic E-state index is 0.397. The second kappa shape index (κ2) is 6.72. The molecule has 0 aromatic carbocycles. The number of thiazole rings is 1. The Kier molecular flexibility index (Phi) is 5.25. The Morgan fingerprint density at radius 1 is 1.29 bits per heavy atom. The number of nitrogens with zero attached hydrogens (tertiary/aromatic N) is 2. The Hall–Kier alpha value is -1.60.